The van der Waals surface area contributed by atoms with E-state index < -0.39 is 33.7 Å². The second-order valence-corrected chi connectivity index (χ2v) is 8.98. The van der Waals surface area contributed by atoms with Crippen LogP contribution in [0, 0.1) is 6.92 Å². The summed E-state index contributed by atoms with van der Waals surface area (Å²) in [5.74, 6) is -1.64. The Labute approximate surface area is 177 Å². The van der Waals surface area contributed by atoms with Crippen molar-refractivity contribution in [2.24, 2.45) is 10.2 Å². The van der Waals surface area contributed by atoms with Crippen LogP contribution in [0.4, 0.5) is 0 Å². The van der Waals surface area contributed by atoms with Crippen molar-refractivity contribution < 1.29 is 27.3 Å². The van der Waals surface area contributed by atoms with Gasteiger partial charge < -0.3 is 19.4 Å². The summed E-state index contributed by atoms with van der Waals surface area (Å²) in [6, 6.07) is 12.4. The van der Waals surface area contributed by atoms with Gasteiger partial charge in [-0.15, -0.1) is 5.10 Å². The Hall–Kier alpha value is -3.18. The number of amides is 1. The summed E-state index contributed by atoms with van der Waals surface area (Å²) in [5, 5.41) is 20.1. The molecule has 1 amide bonds. The molecule has 1 atom stereocenters. The van der Waals surface area contributed by atoms with Crippen molar-refractivity contribution in [2.45, 2.75) is 23.5 Å². The van der Waals surface area contributed by atoms with E-state index in [1.54, 1.807) is 24.3 Å². The third-order valence-electron chi connectivity index (χ3n) is 3.88. The molecule has 30 heavy (non-hydrogen) atoms. The molecular formula is C19H16N3O6S2-. The number of amidine groups is 1. The van der Waals surface area contributed by atoms with Crippen LogP contribution in [0.5, 0.6) is 5.75 Å². The summed E-state index contributed by atoms with van der Waals surface area (Å²) in [7, 11) is -3.93. The van der Waals surface area contributed by atoms with Crippen molar-refractivity contribution >= 4 is 45.1 Å². The highest BCUT2D eigenvalue weighted by molar-refractivity contribution is 8.15. The molecule has 1 N–H and O–H groups in total. The van der Waals surface area contributed by atoms with E-state index in [-0.39, 0.29) is 15.8 Å². The number of carboxylic acids is 1. The summed E-state index contributed by atoms with van der Waals surface area (Å²) in [6.07, 6.45) is 0.982. The van der Waals surface area contributed by atoms with Gasteiger partial charge in [0.15, 0.2) is 5.17 Å². The molecule has 3 rings (SSSR count). The second kappa shape index (κ2) is 9.09. The first-order valence-corrected chi connectivity index (χ1v) is 10.9. The predicted molar refractivity (Wildman–Crippen MR) is 110 cm³/mol. The fourth-order valence-electron chi connectivity index (χ4n) is 2.38. The summed E-state index contributed by atoms with van der Waals surface area (Å²) in [6.45, 7) is 1.85. The van der Waals surface area contributed by atoms with Gasteiger partial charge in [-0.2, -0.15) is 13.5 Å². The first kappa shape index (κ1) is 21.5. The normalized spacial score (nSPS) is 18.0. The molecule has 2 aromatic rings. The fraction of sp³-hybridized carbons (Fsp3) is 0.158. The van der Waals surface area contributed by atoms with Gasteiger partial charge in [-0.05, 0) is 48.9 Å². The standard InChI is InChI=1S/C19H17N3O6S2/c1-12-2-8-15(9-3-12)30(26,27)28-14-6-4-13(5-7-14)11-20-22-19-21-18(25)16(29-19)10-17(23)24/h2-9,11,16H,10H2,1H3,(H,23,24)(H,21,22,25)/p-1/b20-11-/t16-/m1/s1. The second-order valence-electron chi connectivity index (χ2n) is 6.24. The first-order chi connectivity index (χ1) is 14.2. The number of aryl methyl sites for hydroxylation is 1. The van der Waals surface area contributed by atoms with E-state index in [1.807, 2.05) is 6.92 Å². The maximum Gasteiger partial charge on any atom is 0.339 e. The molecule has 0 aromatic heterocycles. The summed E-state index contributed by atoms with van der Waals surface area (Å²) < 4.78 is 29.7. The first-order valence-electron chi connectivity index (χ1n) is 8.62. The van der Waals surface area contributed by atoms with E-state index in [2.05, 4.69) is 15.5 Å². The van der Waals surface area contributed by atoms with Crippen LogP contribution in [0.2, 0.25) is 0 Å². The molecule has 2 aromatic carbocycles. The smallest absolute Gasteiger partial charge is 0.339 e. The topological polar surface area (TPSA) is 137 Å². The number of nitrogens with one attached hydrogen (secondary N) is 1. The van der Waals surface area contributed by atoms with Crippen LogP contribution in [0.25, 0.3) is 0 Å². The van der Waals surface area contributed by atoms with E-state index in [0.717, 1.165) is 17.3 Å². The van der Waals surface area contributed by atoms with Crippen molar-refractivity contribution in [1.29, 1.82) is 0 Å². The molecule has 1 fully saturated rings. The van der Waals surface area contributed by atoms with Crippen molar-refractivity contribution in [3.8, 4) is 5.75 Å². The third kappa shape index (κ3) is 5.67. The maximum absolute atomic E-state index is 12.3. The molecule has 9 nitrogen and oxygen atoms in total. The average molecular weight is 446 g/mol. The van der Waals surface area contributed by atoms with Crippen molar-refractivity contribution in [2.75, 3.05) is 0 Å². The van der Waals surface area contributed by atoms with Crippen LogP contribution in [0.1, 0.15) is 17.5 Å². The van der Waals surface area contributed by atoms with Gasteiger partial charge in [0, 0.05) is 12.4 Å². The molecular weight excluding hydrogens is 430 g/mol. The highest BCUT2D eigenvalue weighted by Crippen LogP contribution is 2.22. The zero-order valence-corrected chi connectivity index (χ0v) is 17.3. The Morgan fingerprint density at radius 1 is 1.20 bits per heavy atom. The van der Waals surface area contributed by atoms with Crippen LogP contribution in [-0.4, -0.2) is 36.9 Å². The number of thioether (sulfide) groups is 1. The molecule has 0 aliphatic carbocycles. The summed E-state index contributed by atoms with van der Waals surface area (Å²) >= 11 is 0.958. The van der Waals surface area contributed by atoms with E-state index in [0.29, 0.717) is 5.56 Å². The number of hydrogen-bond donors (Lipinski definition) is 1. The van der Waals surface area contributed by atoms with Crippen molar-refractivity contribution in [1.82, 2.24) is 5.32 Å². The molecule has 0 bridgehead atoms. The minimum atomic E-state index is -3.93. The SMILES string of the molecule is Cc1ccc(S(=O)(=O)Oc2ccc(/C=N\N=C3\NC(=O)[C@@H](CC(=O)[O-])S3)cc2)cc1. The molecule has 1 aliphatic rings. The zero-order chi connectivity index (χ0) is 21.7. The number of hydrogen-bond acceptors (Lipinski definition) is 9. The number of nitrogens with zero attached hydrogens (tertiary/aromatic N) is 2. The van der Waals surface area contributed by atoms with E-state index >= 15 is 0 Å². The molecule has 0 radical (unpaired) electrons. The number of benzene rings is 2. The Balaban J connectivity index is 1.61. The molecule has 11 heteroatoms. The van der Waals surface area contributed by atoms with Gasteiger partial charge in [0.2, 0.25) is 5.91 Å². The molecule has 0 saturated carbocycles. The molecule has 0 spiro atoms. The van der Waals surface area contributed by atoms with E-state index in [9.17, 15) is 23.1 Å². The van der Waals surface area contributed by atoms with E-state index in [1.165, 1.54) is 30.5 Å². The minimum absolute atomic E-state index is 0.0580. The lowest BCUT2D eigenvalue weighted by Gasteiger charge is -2.07. The lowest BCUT2D eigenvalue weighted by atomic mass is 10.2. The van der Waals surface area contributed by atoms with Crippen LogP contribution >= 0.6 is 11.8 Å². The number of carboxylic acid groups (broad SMARTS) is 1. The molecule has 1 saturated heterocycles. The zero-order valence-electron chi connectivity index (χ0n) is 15.6. The maximum atomic E-state index is 12.3. The molecule has 1 aliphatic heterocycles. The van der Waals surface area contributed by atoms with Crippen molar-refractivity contribution in [3.05, 3.63) is 59.7 Å². The van der Waals surface area contributed by atoms with Gasteiger partial charge in [-0.3, -0.25) is 4.79 Å². The summed E-state index contributed by atoms with van der Waals surface area (Å²) in [5.41, 5.74) is 1.55. The van der Waals surface area contributed by atoms with Gasteiger partial charge in [0.1, 0.15) is 10.6 Å². The Kier molecular flexibility index (Phi) is 6.53. The quantitative estimate of drug-likeness (QED) is 0.378. The Morgan fingerprint density at radius 3 is 2.50 bits per heavy atom. The Morgan fingerprint density at radius 2 is 1.87 bits per heavy atom. The van der Waals surface area contributed by atoms with Gasteiger partial charge in [-0.1, -0.05) is 29.5 Å². The van der Waals surface area contributed by atoms with E-state index in [4.69, 9.17) is 4.18 Å². The number of aliphatic carboxylic acids is 1. The minimum Gasteiger partial charge on any atom is -0.550 e. The molecule has 0 unspecified atom stereocenters. The predicted octanol–water partition coefficient (Wildman–Crippen LogP) is 0.824. The average Bonchev–Trinajstić information content (AvgIpc) is 3.02. The monoisotopic (exact) mass is 446 g/mol. The fourth-order valence-corrected chi connectivity index (χ4v) is 4.21. The van der Waals surface area contributed by atoms with Gasteiger partial charge in [-0.25, -0.2) is 0 Å². The lowest BCUT2D eigenvalue weighted by Crippen LogP contribution is -2.31. The van der Waals surface area contributed by atoms with Crippen LogP contribution in [0.15, 0.2) is 63.6 Å². The highest BCUT2D eigenvalue weighted by Gasteiger charge is 2.30. The van der Waals surface area contributed by atoms with Gasteiger partial charge >= 0.3 is 10.1 Å². The summed E-state index contributed by atoms with van der Waals surface area (Å²) in [4.78, 5) is 22.3. The number of rotatable bonds is 7. The third-order valence-corrected chi connectivity index (χ3v) is 6.21. The molecule has 1 heterocycles. The van der Waals surface area contributed by atoms with Gasteiger partial charge in [0.05, 0.1) is 11.5 Å². The van der Waals surface area contributed by atoms with Crippen molar-refractivity contribution in [3.63, 3.8) is 0 Å². The number of carbonyl (C=O) groups is 2. The number of carbonyl (C=O) groups excluding carboxylic acids is 2. The highest BCUT2D eigenvalue weighted by atomic mass is 32.2. The van der Waals surface area contributed by atoms with Crippen LogP contribution < -0.4 is 14.6 Å². The van der Waals surface area contributed by atoms with Crippen LogP contribution in [0.3, 0.4) is 0 Å². The van der Waals surface area contributed by atoms with Gasteiger partial charge in [0.25, 0.3) is 0 Å². The van der Waals surface area contributed by atoms with Crippen LogP contribution in [-0.2, 0) is 19.7 Å². The lowest BCUT2D eigenvalue weighted by molar-refractivity contribution is -0.305. The largest absolute Gasteiger partial charge is 0.550 e. The molecule has 156 valence electrons. The Bertz CT molecular complexity index is 1110.